The SMILES string of the molecule is COc1cccc(-c2ccc(CCN)cc2)c1.Cl. The molecule has 0 aliphatic rings. The van der Waals surface area contributed by atoms with E-state index >= 15 is 0 Å². The molecular formula is C15H18ClNO. The minimum Gasteiger partial charge on any atom is -0.497 e. The molecule has 0 spiro atoms. The van der Waals surface area contributed by atoms with Gasteiger partial charge in [0.25, 0.3) is 0 Å². The lowest BCUT2D eigenvalue weighted by atomic mass is 10.0. The van der Waals surface area contributed by atoms with Crippen LogP contribution in [-0.2, 0) is 6.42 Å². The largest absolute Gasteiger partial charge is 0.497 e. The average molecular weight is 264 g/mol. The van der Waals surface area contributed by atoms with Crippen molar-refractivity contribution in [2.45, 2.75) is 6.42 Å². The highest BCUT2D eigenvalue weighted by Gasteiger charge is 1.99. The van der Waals surface area contributed by atoms with Crippen LogP contribution in [0.1, 0.15) is 5.56 Å². The van der Waals surface area contributed by atoms with E-state index in [0.717, 1.165) is 12.2 Å². The van der Waals surface area contributed by atoms with Crippen LogP contribution in [0.15, 0.2) is 48.5 Å². The van der Waals surface area contributed by atoms with Crippen molar-refractivity contribution in [3.63, 3.8) is 0 Å². The zero-order valence-electron chi connectivity index (χ0n) is 10.4. The molecule has 0 aliphatic carbocycles. The maximum Gasteiger partial charge on any atom is 0.119 e. The lowest BCUT2D eigenvalue weighted by Gasteiger charge is -2.06. The predicted molar refractivity (Wildman–Crippen MR) is 78.4 cm³/mol. The quantitative estimate of drug-likeness (QED) is 0.919. The predicted octanol–water partition coefficient (Wildman–Crippen LogP) is 3.29. The molecule has 0 heterocycles. The average Bonchev–Trinajstić information content (AvgIpc) is 2.40. The Labute approximate surface area is 114 Å². The highest BCUT2D eigenvalue weighted by Crippen LogP contribution is 2.23. The van der Waals surface area contributed by atoms with Gasteiger partial charge in [0.2, 0.25) is 0 Å². The fourth-order valence-electron chi connectivity index (χ4n) is 1.83. The van der Waals surface area contributed by atoms with Gasteiger partial charge < -0.3 is 10.5 Å². The highest BCUT2D eigenvalue weighted by molar-refractivity contribution is 5.85. The molecule has 3 heteroatoms. The van der Waals surface area contributed by atoms with Gasteiger partial charge in [-0.3, -0.25) is 0 Å². The monoisotopic (exact) mass is 263 g/mol. The van der Waals surface area contributed by atoms with E-state index in [1.54, 1.807) is 7.11 Å². The van der Waals surface area contributed by atoms with E-state index in [0.29, 0.717) is 6.54 Å². The van der Waals surface area contributed by atoms with Crippen molar-refractivity contribution in [2.75, 3.05) is 13.7 Å². The molecule has 96 valence electrons. The van der Waals surface area contributed by atoms with E-state index < -0.39 is 0 Å². The van der Waals surface area contributed by atoms with E-state index in [2.05, 4.69) is 30.3 Å². The van der Waals surface area contributed by atoms with Gasteiger partial charge in [-0.05, 0) is 41.8 Å². The van der Waals surface area contributed by atoms with Gasteiger partial charge in [-0.15, -0.1) is 12.4 Å². The van der Waals surface area contributed by atoms with Crippen LogP contribution in [0.5, 0.6) is 5.75 Å². The zero-order chi connectivity index (χ0) is 12.1. The molecule has 2 rings (SSSR count). The second-order valence-corrected chi connectivity index (χ2v) is 3.97. The van der Waals surface area contributed by atoms with E-state index in [1.165, 1.54) is 16.7 Å². The highest BCUT2D eigenvalue weighted by atomic mass is 35.5. The second kappa shape index (κ2) is 7.04. The maximum absolute atomic E-state index is 5.53. The van der Waals surface area contributed by atoms with Crippen LogP contribution in [0.25, 0.3) is 11.1 Å². The lowest BCUT2D eigenvalue weighted by molar-refractivity contribution is 0.415. The van der Waals surface area contributed by atoms with Crippen molar-refractivity contribution < 1.29 is 4.74 Å². The van der Waals surface area contributed by atoms with Crippen molar-refractivity contribution in [2.24, 2.45) is 5.73 Å². The molecule has 0 aromatic heterocycles. The second-order valence-electron chi connectivity index (χ2n) is 3.97. The Morgan fingerprint density at radius 3 is 2.33 bits per heavy atom. The molecule has 2 aromatic rings. The molecule has 0 radical (unpaired) electrons. The summed E-state index contributed by atoms with van der Waals surface area (Å²) in [5, 5.41) is 0. The topological polar surface area (TPSA) is 35.2 Å². The summed E-state index contributed by atoms with van der Waals surface area (Å²) in [6.45, 7) is 0.693. The summed E-state index contributed by atoms with van der Waals surface area (Å²) < 4.78 is 5.22. The number of methoxy groups -OCH3 is 1. The van der Waals surface area contributed by atoms with Crippen LogP contribution in [0.4, 0.5) is 0 Å². The van der Waals surface area contributed by atoms with Gasteiger partial charge >= 0.3 is 0 Å². The first kappa shape index (κ1) is 14.6. The maximum atomic E-state index is 5.53. The Balaban J connectivity index is 0.00000162. The third-order valence-electron chi connectivity index (χ3n) is 2.79. The van der Waals surface area contributed by atoms with Crippen molar-refractivity contribution in [1.29, 1.82) is 0 Å². The van der Waals surface area contributed by atoms with Crippen LogP contribution in [0.3, 0.4) is 0 Å². The van der Waals surface area contributed by atoms with Gasteiger partial charge in [-0.1, -0.05) is 36.4 Å². The van der Waals surface area contributed by atoms with Gasteiger partial charge in [0.05, 0.1) is 7.11 Å². The van der Waals surface area contributed by atoms with Gasteiger partial charge in [0.1, 0.15) is 5.75 Å². The van der Waals surface area contributed by atoms with E-state index in [-0.39, 0.29) is 12.4 Å². The number of halogens is 1. The van der Waals surface area contributed by atoms with E-state index in [9.17, 15) is 0 Å². The number of benzene rings is 2. The minimum atomic E-state index is 0. The summed E-state index contributed by atoms with van der Waals surface area (Å²) in [6.07, 6.45) is 0.929. The Morgan fingerprint density at radius 1 is 1.00 bits per heavy atom. The Kier molecular flexibility index (Phi) is 5.69. The summed E-state index contributed by atoms with van der Waals surface area (Å²) >= 11 is 0. The summed E-state index contributed by atoms with van der Waals surface area (Å²) in [6, 6.07) is 16.6. The van der Waals surface area contributed by atoms with Gasteiger partial charge in [0, 0.05) is 0 Å². The standard InChI is InChI=1S/C15H17NO.ClH/c1-17-15-4-2-3-14(11-15)13-7-5-12(6-8-13)9-10-16;/h2-8,11H,9-10,16H2,1H3;1H. The van der Waals surface area contributed by atoms with Crippen LogP contribution < -0.4 is 10.5 Å². The molecule has 0 aliphatic heterocycles. The Hall–Kier alpha value is -1.51. The molecule has 0 fully saturated rings. The first-order valence-electron chi connectivity index (χ1n) is 5.77. The Bertz CT molecular complexity index is 482. The molecule has 2 aromatic carbocycles. The van der Waals surface area contributed by atoms with Gasteiger partial charge in [0.15, 0.2) is 0 Å². The van der Waals surface area contributed by atoms with Crippen molar-refractivity contribution in [3.05, 3.63) is 54.1 Å². The summed E-state index contributed by atoms with van der Waals surface area (Å²) in [5.41, 5.74) is 9.18. The van der Waals surface area contributed by atoms with E-state index in [1.807, 2.05) is 18.2 Å². The number of nitrogens with two attached hydrogens (primary N) is 1. The third kappa shape index (κ3) is 3.49. The van der Waals surface area contributed by atoms with Crippen molar-refractivity contribution in [1.82, 2.24) is 0 Å². The van der Waals surface area contributed by atoms with Crippen molar-refractivity contribution in [3.8, 4) is 16.9 Å². The van der Waals surface area contributed by atoms with Crippen LogP contribution in [0, 0.1) is 0 Å². The minimum absolute atomic E-state index is 0. The first-order valence-corrected chi connectivity index (χ1v) is 5.77. The summed E-state index contributed by atoms with van der Waals surface area (Å²) in [7, 11) is 1.68. The molecule has 0 saturated heterocycles. The number of rotatable bonds is 4. The molecule has 0 bridgehead atoms. The smallest absolute Gasteiger partial charge is 0.119 e. The molecule has 2 N–H and O–H groups in total. The normalized spacial score (nSPS) is 9.67. The number of ether oxygens (including phenoxy) is 1. The zero-order valence-corrected chi connectivity index (χ0v) is 11.2. The van der Waals surface area contributed by atoms with Crippen LogP contribution >= 0.6 is 12.4 Å². The van der Waals surface area contributed by atoms with Gasteiger partial charge in [-0.25, -0.2) is 0 Å². The molecule has 0 unspecified atom stereocenters. The summed E-state index contributed by atoms with van der Waals surface area (Å²) in [4.78, 5) is 0. The molecule has 18 heavy (non-hydrogen) atoms. The summed E-state index contributed by atoms with van der Waals surface area (Å²) in [5.74, 6) is 0.883. The Morgan fingerprint density at radius 2 is 1.72 bits per heavy atom. The van der Waals surface area contributed by atoms with Crippen LogP contribution in [-0.4, -0.2) is 13.7 Å². The molecule has 0 amide bonds. The fraction of sp³-hybridized carbons (Fsp3) is 0.200. The first-order chi connectivity index (χ1) is 8.33. The molecular weight excluding hydrogens is 246 g/mol. The molecule has 0 saturated carbocycles. The number of hydrogen-bond acceptors (Lipinski definition) is 2. The van der Waals surface area contributed by atoms with E-state index in [4.69, 9.17) is 10.5 Å². The molecule has 0 atom stereocenters. The molecule has 2 nitrogen and oxygen atoms in total. The van der Waals surface area contributed by atoms with Gasteiger partial charge in [-0.2, -0.15) is 0 Å². The third-order valence-corrected chi connectivity index (χ3v) is 2.79. The van der Waals surface area contributed by atoms with Crippen molar-refractivity contribution >= 4 is 12.4 Å². The fourth-order valence-corrected chi connectivity index (χ4v) is 1.83. The van der Waals surface area contributed by atoms with Crippen LogP contribution in [0.2, 0.25) is 0 Å². The lowest BCUT2D eigenvalue weighted by Crippen LogP contribution is -2.02. The number of hydrogen-bond donors (Lipinski definition) is 1.